The highest BCUT2D eigenvalue weighted by Crippen LogP contribution is 2.30. The molecule has 2 rings (SSSR count). The highest BCUT2D eigenvalue weighted by Gasteiger charge is 2.05. The van der Waals surface area contributed by atoms with Crippen molar-refractivity contribution in [3.63, 3.8) is 0 Å². The van der Waals surface area contributed by atoms with Gasteiger partial charge in [-0.1, -0.05) is 31.9 Å². The van der Waals surface area contributed by atoms with Gasteiger partial charge in [-0.15, -0.1) is 0 Å². The Morgan fingerprint density at radius 3 is 2.62 bits per heavy atom. The van der Waals surface area contributed by atoms with E-state index in [-0.39, 0.29) is 0 Å². The van der Waals surface area contributed by atoms with Gasteiger partial charge in [-0.05, 0) is 30.3 Å². The fourth-order valence-corrected chi connectivity index (χ4v) is 1.92. The highest BCUT2D eigenvalue weighted by molar-refractivity contribution is 9.11. The molecule has 0 N–H and O–H groups in total. The summed E-state index contributed by atoms with van der Waals surface area (Å²) < 4.78 is 7.38. The average Bonchev–Trinajstić information content (AvgIpc) is 2.61. The first-order valence-corrected chi connectivity index (χ1v) is 5.35. The van der Waals surface area contributed by atoms with Crippen LogP contribution in [0.1, 0.15) is 0 Å². The number of halogens is 2. The van der Waals surface area contributed by atoms with E-state index in [0.29, 0.717) is 0 Å². The zero-order chi connectivity index (χ0) is 9.26. The third kappa shape index (κ3) is 1.86. The van der Waals surface area contributed by atoms with Crippen molar-refractivity contribution < 1.29 is 4.42 Å². The predicted octanol–water partition coefficient (Wildman–Crippen LogP) is 4.47. The van der Waals surface area contributed by atoms with E-state index in [1.165, 1.54) is 0 Å². The molecule has 0 aliphatic rings. The Labute approximate surface area is 93.0 Å². The van der Waals surface area contributed by atoms with Crippen molar-refractivity contribution in [1.29, 1.82) is 0 Å². The van der Waals surface area contributed by atoms with Crippen LogP contribution in [0.3, 0.4) is 0 Å². The smallest absolute Gasteiger partial charge is 0.135 e. The van der Waals surface area contributed by atoms with Crippen LogP contribution < -0.4 is 0 Å². The summed E-state index contributed by atoms with van der Waals surface area (Å²) in [6, 6.07) is 9.80. The van der Waals surface area contributed by atoms with Crippen LogP contribution in [0.15, 0.2) is 50.0 Å². The number of rotatable bonds is 1. The Balaban J connectivity index is 2.57. The second-order valence-electron chi connectivity index (χ2n) is 2.60. The molecule has 0 saturated heterocycles. The van der Waals surface area contributed by atoms with Crippen LogP contribution in [0.4, 0.5) is 0 Å². The van der Waals surface area contributed by atoms with Gasteiger partial charge in [0.25, 0.3) is 0 Å². The zero-order valence-electron chi connectivity index (χ0n) is 6.63. The molecule has 1 nitrogen and oxygen atoms in total. The lowest BCUT2D eigenvalue weighted by Gasteiger charge is -2.00. The molecule has 0 bridgehead atoms. The summed E-state index contributed by atoms with van der Waals surface area (Å²) in [5.41, 5.74) is 1.05. The summed E-state index contributed by atoms with van der Waals surface area (Å²) in [6.45, 7) is 0. The number of benzene rings is 1. The first-order valence-electron chi connectivity index (χ1n) is 3.76. The molecule has 0 atom stereocenters. The van der Waals surface area contributed by atoms with Crippen molar-refractivity contribution >= 4 is 31.9 Å². The molecule has 3 heteroatoms. The summed E-state index contributed by atoms with van der Waals surface area (Å²) >= 11 is 6.89. The summed E-state index contributed by atoms with van der Waals surface area (Å²) in [7, 11) is 0. The van der Waals surface area contributed by atoms with Gasteiger partial charge in [0.05, 0.1) is 6.26 Å². The minimum atomic E-state index is 0.869. The van der Waals surface area contributed by atoms with E-state index >= 15 is 0 Å². The Morgan fingerprint density at radius 2 is 1.92 bits per heavy atom. The first kappa shape index (κ1) is 9.03. The van der Waals surface area contributed by atoms with E-state index in [1.807, 2.05) is 30.3 Å². The molecule has 13 heavy (non-hydrogen) atoms. The van der Waals surface area contributed by atoms with Gasteiger partial charge >= 0.3 is 0 Å². The van der Waals surface area contributed by atoms with Gasteiger partial charge in [0.2, 0.25) is 0 Å². The summed E-state index contributed by atoms with van der Waals surface area (Å²) in [6.07, 6.45) is 1.67. The lowest BCUT2D eigenvalue weighted by molar-refractivity contribution is 0.582. The number of hydrogen-bond acceptors (Lipinski definition) is 1. The third-order valence-corrected chi connectivity index (χ3v) is 2.90. The van der Waals surface area contributed by atoms with Crippen LogP contribution >= 0.6 is 31.9 Å². The lowest BCUT2D eigenvalue weighted by atomic mass is 10.2. The molecule has 0 radical (unpaired) electrons. The fourth-order valence-electron chi connectivity index (χ4n) is 1.12. The van der Waals surface area contributed by atoms with Crippen molar-refractivity contribution in [2.24, 2.45) is 0 Å². The average molecular weight is 302 g/mol. The predicted molar refractivity (Wildman–Crippen MR) is 59.5 cm³/mol. The Bertz CT molecular complexity index is 407. The van der Waals surface area contributed by atoms with Crippen LogP contribution in [0.5, 0.6) is 0 Å². The Morgan fingerprint density at radius 1 is 1.08 bits per heavy atom. The summed E-state index contributed by atoms with van der Waals surface area (Å²) in [5, 5.41) is 0. The SMILES string of the molecule is Brc1ccc(Br)c(-c2ccco2)c1. The molecule has 66 valence electrons. The van der Waals surface area contributed by atoms with Gasteiger partial charge in [-0.3, -0.25) is 0 Å². The van der Waals surface area contributed by atoms with Crippen LogP contribution in [0.25, 0.3) is 11.3 Å². The van der Waals surface area contributed by atoms with Crippen molar-refractivity contribution in [1.82, 2.24) is 0 Å². The van der Waals surface area contributed by atoms with E-state index < -0.39 is 0 Å². The molecule has 0 aliphatic heterocycles. The van der Waals surface area contributed by atoms with Gasteiger partial charge in [0.1, 0.15) is 5.76 Å². The monoisotopic (exact) mass is 300 g/mol. The highest BCUT2D eigenvalue weighted by atomic mass is 79.9. The lowest BCUT2D eigenvalue weighted by Crippen LogP contribution is -1.76. The molecule has 1 aromatic carbocycles. The summed E-state index contributed by atoms with van der Waals surface area (Å²) in [5.74, 6) is 0.869. The van der Waals surface area contributed by atoms with Crippen molar-refractivity contribution in [3.8, 4) is 11.3 Å². The largest absolute Gasteiger partial charge is 0.464 e. The van der Waals surface area contributed by atoms with Gasteiger partial charge in [0.15, 0.2) is 0 Å². The Hall–Kier alpha value is -0.540. The van der Waals surface area contributed by atoms with Gasteiger partial charge in [0, 0.05) is 14.5 Å². The second-order valence-corrected chi connectivity index (χ2v) is 4.37. The van der Waals surface area contributed by atoms with Crippen LogP contribution in [0.2, 0.25) is 0 Å². The fraction of sp³-hybridized carbons (Fsp3) is 0. The maximum absolute atomic E-state index is 5.30. The molecule has 0 unspecified atom stereocenters. The van der Waals surface area contributed by atoms with Gasteiger partial charge < -0.3 is 4.42 Å². The van der Waals surface area contributed by atoms with E-state index in [4.69, 9.17) is 4.42 Å². The van der Waals surface area contributed by atoms with Crippen molar-refractivity contribution in [2.45, 2.75) is 0 Å². The number of furan rings is 1. The normalized spacial score (nSPS) is 10.3. The molecule has 0 fully saturated rings. The van der Waals surface area contributed by atoms with E-state index in [2.05, 4.69) is 31.9 Å². The maximum atomic E-state index is 5.30. The van der Waals surface area contributed by atoms with Gasteiger partial charge in [-0.2, -0.15) is 0 Å². The van der Waals surface area contributed by atoms with Crippen molar-refractivity contribution in [2.75, 3.05) is 0 Å². The van der Waals surface area contributed by atoms with Crippen LogP contribution in [0, 0.1) is 0 Å². The van der Waals surface area contributed by atoms with E-state index in [0.717, 1.165) is 20.3 Å². The quantitative estimate of drug-likeness (QED) is 0.757. The number of hydrogen-bond donors (Lipinski definition) is 0. The van der Waals surface area contributed by atoms with E-state index in [9.17, 15) is 0 Å². The minimum absolute atomic E-state index is 0.869. The second kappa shape index (κ2) is 3.68. The first-order chi connectivity index (χ1) is 6.27. The molecule has 1 heterocycles. The molecular weight excluding hydrogens is 296 g/mol. The van der Waals surface area contributed by atoms with Crippen LogP contribution in [-0.2, 0) is 0 Å². The molecular formula is C10H6Br2O. The standard InChI is InChI=1S/C10H6Br2O/c11-7-3-4-9(12)8(6-7)10-2-1-5-13-10/h1-6H. The van der Waals surface area contributed by atoms with E-state index in [1.54, 1.807) is 6.26 Å². The third-order valence-electron chi connectivity index (χ3n) is 1.72. The minimum Gasteiger partial charge on any atom is -0.464 e. The Kier molecular flexibility index (Phi) is 2.56. The molecule has 0 amide bonds. The summed E-state index contributed by atoms with van der Waals surface area (Å²) in [4.78, 5) is 0. The molecule has 0 spiro atoms. The topological polar surface area (TPSA) is 13.1 Å². The zero-order valence-corrected chi connectivity index (χ0v) is 9.80. The molecule has 0 saturated carbocycles. The molecule has 2 aromatic rings. The molecule has 1 aromatic heterocycles. The van der Waals surface area contributed by atoms with Gasteiger partial charge in [-0.25, -0.2) is 0 Å². The molecule has 0 aliphatic carbocycles. The maximum Gasteiger partial charge on any atom is 0.135 e. The van der Waals surface area contributed by atoms with Crippen molar-refractivity contribution in [3.05, 3.63) is 45.5 Å². The van der Waals surface area contributed by atoms with Crippen LogP contribution in [-0.4, -0.2) is 0 Å².